The van der Waals surface area contributed by atoms with E-state index in [1.54, 1.807) is 12.1 Å². The van der Waals surface area contributed by atoms with E-state index in [0.29, 0.717) is 10.9 Å². The average Bonchev–Trinajstić information content (AvgIpc) is 2.16. The summed E-state index contributed by atoms with van der Waals surface area (Å²) in [7, 11) is 0. The molecule has 0 saturated heterocycles. The first-order chi connectivity index (χ1) is 6.61. The third-order valence-corrected chi connectivity index (χ3v) is 3.54. The molecule has 1 aliphatic rings. The van der Waals surface area contributed by atoms with E-state index < -0.39 is 6.10 Å². The molecule has 0 aliphatic heterocycles. The fraction of sp³-hybridized carbons (Fsp3) is 0.455. The lowest BCUT2D eigenvalue weighted by atomic mass is 9.82. The number of benzene rings is 1. The Kier molecular flexibility index (Phi) is 2.74. The predicted molar refractivity (Wildman–Crippen MR) is 59.1 cm³/mol. The molecule has 0 spiro atoms. The Morgan fingerprint density at radius 2 is 1.71 bits per heavy atom. The average molecular weight is 231 g/mol. The van der Waals surface area contributed by atoms with Crippen LogP contribution in [-0.2, 0) is 0 Å². The van der Waals surface area contributed by atoms with Crippen LogP contribution in [0, 0.1) is 0 Å². The van der Waals surface area contributed by atoms with Gasteiger partial charge in [0.15, 0.2) is 0 Å². The standard InChI is InChI=1S/C11H12Cl2O/c1-6-2-5-9(14)11-8(13)4-3-7(12)10(6)11/h3-4,6,9,14H,2,5H2,1H3. The van der Waals surface area contributed by atoms with E-state index in [9.17, 15) is 5.11 Å². The zero-order valence-electron chi connectivity index (χ0n) is 7.93. The molecule has 1 N–H and O–H groups in total. The summed E-state index contributed by atoms with van der Waals surface area (Å²) in [5.74, 6) is 0.389. The molecular weight excluding hydrogens is 219 g/mol. The lowest BCUT2D eigenvalue weighted by Crippen LogP contribution is -2.13. The molecule has 2 rings (SSSR count). The van der Waals surface area contributed by atoms with Gasteiger partial charge in [0, 0.05) is 15.6 Å². The number of aliphatic hydroxyl groups is 1. The highest BCUT2D eigenvalue weighted by Crippen LogP contribution is 2.43. The molecule has 0 aromatic heterocycles. The number of aliphatic hydroxyl groups excluding tert-OH is 1. The summed E-state index contributed by atoms with van der Waals surface area (Å²) in [4.78, 5) is 0. The third kappa shape index (κ3) is 1.54. The summed E-state index contributed by atoms with van der Waals surface area (Å²) in [6.07, 6.45) is 1.29. The minimum absolute atomic E-state index is 0.389. The zero-order chi connectivity index (χ0) is 10.3. The van der Waals surface area contributed by atoms with Gasteiger partial charge in [0.2, 0.25) is 0 Å². The summed E-state index contributed by atoms with van der Waals surface area (Å²) in [6.45, 7) is 2.12. The van der Waals surface area contributed by atoms with Gasteiger partial charge in [0.05, 0.1) is 6.10 Å². The fourth-order valence-electron chi connectivity index (χ4n) is 2.12. The quantitative estimate of drug-likeness (QED) is 0.717. The largest absolute Gasteiger partial charge is 0.388 e. The summed E-state index contributed by atoms with van der Waals surface area (Å²) < 4.78 is 0. The van der Waals surface area contributed by atoms with E-state index in [4.69, 9.17) is 23.2 Å². The van der Waals surface area contributed by atoms with Gasteiger partial charge in [0.1, 0.15) is 0 Å². The number of hydrogen-bond acceptors (Lipinski definition) is 1. The van der Waals surface area contributed by atoms with Crippen LogP contribution in [-0.4, -0.2) is 5.11 Å². The van der Waals surface area contributed by atoms with Crippen LogP contribution in [0.25, 0.3) is 0 Å². The Balaban J connectivity index is 2.65. The fourth-order valence-corrected chi connectivity index (χ4v) is 2.76. The van der Waals surface area contributed by atoms with Crippen molar-refractivity contribution in [3.8, 4) is 0 Å². The van der Waals surface area contributed by atoms with Crippen molar-refractivity contribution in [2.24, 2.45) is 0 Å². The van der Waals surface area contributed by atoms with Crippen LogP contribution in [0.4, 0.5) is 0 Å². The number of fused-ring (bicyclic) bond motifs is 1. The third-order valence-electron chi connectivity index (χ3n) is 2.88. The van der Waals surface area contributed by atoms with Crippen LogP contribution in [0.3, 0.4) is 0 Å². The van der Waals surface area contributed by atoms with Gasteiger partial charge in [-0.25, -0.2) is 0 Å². The number of hydrogen-bond donors (Lipinski definition) is 1. The first-order valence-corrected chi connectivity index (χ1v) is 5.52. The maximum atomic E-state index is 9.84. The monoisotopic (exact) mass is 230 g/mol. The second kappa shape index (κ2) is 3.73. The maximum absolute atomic E-state index is 9.84. The van der Waals surface area contributed by atoms with Gasteiger partial charge >= 0.3 is 0 Å². The summed E-state index contributed by atoms with van der Waals surface area (Å²) in [6, 6.07) is 3.56. The molecule has 0 radical (unpaired) electrons. The minimum atomic E-state index is -0.451. The molecule has 76 valence electrons. The molecule has 0 fully saturated rings. The van der Waals surface area contributed by atoms with Crippen molar-refractivity contribution < 1.29 is 5.11 Å². The van der Waals surface area contributed by atoms with Gasteiger partial charge in [0.25, 0.3) is 0 Å². The summed E-state index contributed by atoms with van der Waals surface area (Å²) >= 11 is 12.2. The highest BCUT2D eigenvalue weighted by molar-refractivity contribution is 6.34. The van der Waals surface area contributed by atoms with Crippen molar-refractivity contribution in [1.82, 2.24) is 0 Å². The van der Waals surface area contributed by atoms with Crippen LogP contribution < -0.4 is 0 Å². The molecular formula is C11H12Cl2O. The molecule has 1 aromatic carbocycles. The molecule has 3 heteroatoms. The van der Waals surface area contributed by atoms with Gasteiger partial charge in [-0.15, -0.1) is 0 Å². The van der Waals surface area contributed by atoms with Crippen molar-refractivity contribution in [3.05, 3.63) is 33.3 Å². The first kappa shape index (κ1) is 10.3. The van der Waals surface area contributed by atoms with Crippen molar-refractivity contribution in [2.45, 2.75) is 31.8 Å². The summed E-state index contributed by atoms with van der Waals surface area (Å²) in [5, 5.41) is 11.2. The zero-order valence-corrected chi connectivity index (χ0v) is 9.44. The molecule has 0 saturated carbocycles. The highest BCUT2D eigenvalue weighted by Gasteiger charge is 2.27. The van der Waals surface area contributed by atoms with E-state index in [1.807, 2.05) is 0 Å². The molecule has 1 nitrogen and oxygen atoms in total. The Morgan fingerprint density at radius 1 is 1.14 bits per heavy atom. The van der Waals surface area contributed by atoms with Crippen LogP contribution in [0.1, 0.15) is 42.9 Å². The Morgan fingerprint density at radius 3 is 2.29 bits per heavy atom. The van der Waals surface area contributed by atoms with Gasteiger partial charge in [-0.05, 0) is 36.5 Å². The molecule has 1 aromatic rings. The number of halogens is 2. The molecule has 2 atom stereocenters. The topological polar surface area (TPSA) is 20.2 Å². The van der Waals surface area contributed by atoms with E-state index in [-0.39, 0.29) is 0 Å². The predicted octanol–water partition coefficient (Wildman–Crippen LogP) is 3.92. The van der Waals surface area contributed by atoms with Gasteiger partial charge in [-0.3, -0.25) is 0 Å². The van der Waals surface area contributed by atoms with E-state index in [2.05, 4.69) is 6.92 Å². The SMILES string of the molecule is CC1CCC(O)c2c(Cl)ccc(Cl)c21. The van der Waals surface area contributed by atoms with Gasteiger partial charge in [-0.2, -0.15) is 0 Å². The van der Waals surface area contributed by atoms with E-state index >= 15 is 0 Å². The molecule has 0 amide bonds. The molecule has 0 heterocycles. The second-order valence-corrected chi connectivity index (χ2v) is 4.67. The van der Waals surface area contributed by atoms with E-state index in [1.165, 1.54) is 0 Å². The van der Waals surface area contributed by atoms with Crippen molar-refractivity contribution in [3.63, 3.8) is 0 Å². The van der Waals surface area contributed by atoms with Crippen LogP contribution in [0.15, 0.2) is 12.1 Å². The van der Waals surface area contributed by atoms with Gasteiger partial charge in [-0.1, -0.05) is 30.1 Å². The maximum Gasteiger partial charge on any atom is 0.0808 e. The highest BCUT2D eigenvalue weighted by atomic mass is 35.5. The number of rotatable bonds is 0. The Hall–Kier alpha value is -0.240. The van der Waals surface area contributed by atoms with Crippen LogP contribution >= 0.6 is 23.2 Å². The molecule has 1 aliphatic carbocycles. The van der Waals surface area contributed by atoms with Crippen molar-refractivity contribution >= 4 is 23.2 Å². The Bertz CT molecular complexity index is 328. The molecule has 14 heavy (non-hydrogen) atoms. The van der Waals surface area contributed by atoms with Crippen molar-refractivity contribution in [2.75, 3.05) is 0 Å². The minimum Gasteiger partial charge on any atom is -0.388 e. The molecule has 0 bridgehead atoms. The van der Waals surface area contributed by atoms with E-state index in [0.717, 1.165) is 29.0 Å². The summed E-state index contributed by atoms with van der Waals surface area (Å²) in [5.41, 5.74) is 1.86. The van der Waals surface area contributed by atoms with Crippen LogP contribution in [0.5, 0.6) is 0 Å². The lowest BCUT2D eigenvalue weighted by molar-refractivity contribution is 0.152. The smallest absolute Gasteiger partial charge is 0.0808 e. The lowest BCUT2D eigenvalue weighted by Gasteiger charge is -2.28. The Labute approximate surface area is 93.7 Å². The normalized spacial score (nSPS) is 26.0. The molecule has 2 unspecified atom stereocenters. The van der Waals surface area contributed by atoms with Gasteiger partial charge < -0.3 is 5.11 Å². The first-order valence-electron chi connectivity index (χ1n) is 4.77. The van der Waals surface area contributed by atoms with Crippen molar-refractivity contribution in [1.29, 1.82) is 0 Å². The second-order valence-electron chi connectivity index (χ2n) is 3.85. The van der Waals surface area contributed by atoms with Crippen LogP contribution in [0.2, 0.25) is 10.0 Å².